The van der Waals surface area contributed by atoms with Gasteiger partial charge in [0.05, 0.1) is 5.52 Å². The van der Waals surface area contributed by atoms with Crippen LogP contribution in [0, 0.1) is 5.92 Å². The number of amides is 1. The van der Waals surface area contributed by atoms with Gasteiger partial charge in [0.25, 0.3) is 11.5 Å². The lowest BCUT2D eigenvalue weighted by atomic mass is 9.99. The van der Waals surface area contributed by atoms with E-state index in [0.29, 0.717) is 24.4 Å². The number of pyridine rings is 1. The molecule has 23 heavy (non-hydrogen) atoms. The Kier molecular flexibility index (Phi) is 4.11. The van der Waals surface area contributed by atoms with E-state index in [1.807, 2.05) is 12.1 Å². The molecule has 0 spiro atoms. The van der Waals surface area contributed by atoms with Crippen LogP contribution in [0.2, 0.25) is 0 Å². The van der Waals surface area contributed by atoms with Gasteiger partial charge in [-0.2, -0.15) is 0 Å². The minimum Gasteiger partial charge on any atom is -0.506 e. The molecule has 5 heteroatoms. The van der Waals surface area contributed by atoms with Crippen molar-refractivity contribution in [3.63, 3.8) is 0 Å². The fraction of sp³-hybridized carbons (Fsp3) is 0.444. The Morgan fingerprint density at radius 2 is 2.17 bits per heavy atom. The number of carbonyl (C=O) groups is 1. The molecule has 0 unspecified atom stereocenters. The molecule has 0 aliphatic carbocycles. The highest BCUT2D eigenvalue weighted by Gasteiger charge is 2.24. The van der Waals surface area contributed by atoms with Crippen LogP contribution in [0.3, 0.4) is 0 Å². The van der Waals surface area contributed by atoms with Gasteiger partial charge in [0, 0.05) is 18.5 Å². The number of aryl methyl sites for hydroxylation is 2. The lowest BCUT2D eigenvalue weighted by Gasteiger charge is -2.21. The average Bonchev–Trinajstić information content (AvgIpc) is 2.52. The summed E-state index contributed by atoms with van der Waals surface area (Å²) in [7, 11) is 0. The second-order valence-electron chi connectivity index (χ2n) is 6.54. The maximum atomic E-state index is 12.7. The molecule has 0 radical (unpaired) electrons. The van der Waals surface area contributed by atoms with Crippen LogP contribution >= 0.6 is 0 Å². The van der Waals surface area contributed by atoms with Gasteiger partial charge in [0.15, 0.2) is 0 Å². The third-order valence-corrected chi connectivity index (χ3v) is 4.40. The van der Waals surface area contributed by atoms with Crippen molar-refractivity contribution in [2.45, 2.75) is 39.7 Å². The molecule has 1 amide bonds. The Morgan fingerprint density at radius 3 is 2.91 bits per heavy atom. The highest BCUT2D eigenvalue weighted by molar-refractivity contribution is 6.02. The molecule has 0 atom stereocenters. The largest absolute Gasteiger partial charge is 0.506 e. The van der Waals surface area contributed by atoms with Crippen LogP contribution in [-0.2, 0) is 13.0 Å². The third-order valence-electron chi connectivity index (χ3n) is 4.40. The minimum atomic E-state index is -0.491. The second-order valence-corrected chi connectivity index (χ2v) is 6.54. The molecule has 2 N–H and O–H groups in total. The monoisotopic (exact) mass is 314 g/mol. The standard InChI is InChI=1S/C18H22N2O3/c1-11(2)8-9-19-17(22)14-16(21)13-7-3-5-12-6-4-10-20(15(12)13)18(14)23/h3,5,7,11,21H,4,6,8-10H2,1-2H3,(H,19,22). The number of aromatic nitrogens is 1. The number of aromatic hydroxyl groups is 1. The summed E-state index contributed by atoms with van der Waals surface area (Å²) >= 11 is 0. The first-order valence-electron chi connectivity index (χ1n) is 8.16. The van der Waals surface area contributed by atoms with E-state index < -0.39 is 11.5 Å². The molecule has 122 valence electrons. The summed E-state index contributed by atoms with van der Waals surface area (Å²) in [5, 5.41) is 13.8. The van der Waals surface area contributed by atoms with Crippen molar-refractivity contribution in [3.8, 4) is 5.75 Å². The maximum absolute atomic E-state index is 12.7. The molecule has 2 heterocycles. The summed E-state index contributed by atoms with van der Waals surface area (Å²) < 4.78 is 1.63. The lowest BCUT2D eigenvalue weighted by molar-refractivity contribution is 0.0947. The van der Waals surface area contributed by atoms with Crippen molar-refractivity contribution in [2.24, 2.45) is 5.92 Å². The summed E-state index contributed by atoms with van der Waals surface area (Å²) in [6, 6.07) is 5.59. The molecule has 1 aromatic heterocycles. The zero-order chi connectivity index (χ0) is 16.6. The molecule has 3 rings (SSSR count). The van der Waals surface area contributed by atoms with Gasteiger partial charge in [-0.25, -0.2) is 0 Å². The maximum Gasteiger partial charge on any atom is 0.267 e. The smallest absolute Gasteiger partial charge is 0.267 e. The summed E-state index contributed by atoms with van der Waals surface area (Å²) in [5.41, 5.74) is 1.28. The molecule has 0 saturated heterocycles. The van der Waals surface area contributed by atoms with E-state index in [4.69, 9.17) is 0 Å². The van der Waals surface area contributed by atoms with Gasteiger partial charge in [-0.15, -0.1) is 0 Å². The van der Waals surface area contributed by atoms with Crippen LogP contribution in [0.5, 0.6) is 5.75 Å². The van der Waals surface area contributed by atoms with E-state index in [1.54, 1.807) is 10.6 Å². The summed E-state index contributed by atoms with van der Waals surface area (Å²) in [6.45, 7) is 5.21. The number of nitrogens with one attached hydrogen (secondary N) is 1. The van der Waals surface area contributed by atoms with Gasteiger partial charge in [-0.05, 0) is 36.8 Å². The van der Waals surface area contributed by atoms with Crippen molar-refractivity contribution in [2.75, 3.05) is 6.54 Å². The number of hydrogen-bond donors (Lipinski definition) is 2. The van der Waals surface area contributed by atoms with Crippen LogP contribution in [0.25, 0.3) is 10.9 Å². The zero-order valence-electron chi connectivity index (χ0n) is 13.6. The molecule has 2 aromatic rings. The zero-order valence-corrected chi connectivity index (χ0v) is 13.6. The van der Waals surface area contributed by atoms with Crippen molar-refractivity contribution in [1.82, 2.24) is 9.88 Å². The molecule has 5 nitrogen and oxygen atoms in total. The number of benzene rings is 1. The molecular weight excluding hydrogens is 292 g/mol. The predicted octanol–water partition coefficient (Wildman–Crippen LogP) is 2.43. The fourth-order valence-corrected chi connectivity index (χ4v) is 3.18. The topological polar surface area (TPSA) is 71.3 Å². The fourth-order valence-electron chi connectivity index (χ4n) is 3.18. The Hall–Kier alpha value is -2.30. The first kappa shape index (κ1) is 15.6. The van der Waals surface area contributed by atoms with Crippen LogP contribution in [0.1, 0.15) is 42.6 Å². The second kappa shape index (κ2) is 6.07. The normalized spacial score (nSPS) is 13.5. The van der Waals surface area contributed by atoms with E-state index in [2.05, 4.69) is 19.2 Å². The van der Waals surface area contributed by atoms with E-state index in [0.717, 1.165) is 30.3 Å². The number of rotatable bonds is 4. The Balaban J connectivity index is 2.08. The average molecular weight is 314 g/mol. The highest BCUT2D eigenvalue weighted by Crippen LogP contribution is 2.31. The van der Waals surface area contributed by atoms with Crippen molar-refractivity contribution in [3.05, 3.63) is 39.7 Å². The first-order chi connectivity index (χ1) is 11.0. The van der Waals surface area contributed by atoms with Gasteiger partial charge >= 0.3 is 0 Å². The molecule has 0 fully saturated rings. The minimum absolute atomic E-state index is 0.139. The van der Waals surface area contributed by atoms with Gasteiger partial charge in [0.2, 0.25) is 0 Å². The Bertz CT molecular complexity index is 821. The quantitative estimate of drug-likeness (QED) is 0.910. The predicted molar refractivity (Wildman–Crippen MR) is 90.0 cm³/mol. The van der Waals surface area contributed by atoms with Crippen molar-refractivity contribution >= 4 is 16.8 Å². The van der Waals surface area contributed by atoms with E-state index >= 15 is 0 Å². The number of carbonyl (C=O) groups excluding carboxylic acids is 1. The Morgan fingerprint density at radius 1 is 1.39 bits per heavy atom. The number of hydrogen-bond acceptors (Lipinski definition) is 3. The first-order valence-corrected chi connectivity index (χ1v) is 8.16. The molecule has 1 aromatic carbocycles. The van der Waals surface area contributed by atoms with E-state index in [1.165, 1.54) is 0 Å². The van der Waals surface area contributed by atoms with Gasteiger partial charge < -0.3 is 15.0 Å². The molecule has 0 saturated carbocycles. The molecule has 1 aliphatic rings. The van der Waals surface area contributed by atoms with Gasteiger partial charge in [-0.1, -0.05) is 26.0 Å². The SMILES string of the molecule is CC(C)CCNC(=O)c1c(O)c2cccc3c2n(c1=O)CCC3. The van der Waals surface area contributed by atoms with Crippen LogP contribution in [0.4, 0.5) is 0 Å². The molecule has 0 bridgehead atoms. The summed E-state index contributed by atoms with van der Waals surface area (Å²) in [6.07, 6.45) is 2.58. The van der Waals surface area contributed by atoms with Gasteiger partial charge in [0.1, 0.15) is 11.3 Å². The Labute approximate surface area is 134 Å². The van der Waals surface area contributed by atoms with E-state index in [9.17, 15) is 14.7 Å². The number of para-hydroxylation sites is 1. The lowest BCUT2D eigenvalue weighted by Crippen LogP contribution is -2.35. The van der Waals surface area contributed by atoms with Crippen LogP contribution in [-0.4, -0.2) is 22.1 Å². The van der Waals surface area contributed by atoms with Crippen LogP contribution < -0.4 is 10.9 Å². The number of nitrogens with zero attached hydrogens (tertiary/aromatic N) is 1. The summed E-state index contributed by atoms with van der Waals surface area (Å²) in [5.74, 6) is -0.230. The third kappa shape index (κ3) is 2.71. The highest BCUT2D eigenvalue weighted by atomic mass is 16.3. The van der Waals surface area contributed by atoms with Gasteiger partial charge in [-0.3, -0.25) is 9.59 Å². The van der Waals surface area contributed by atoms with Crippen molar-refractivity contribution in [1.29, 1.82) is 0 Å². The molecule has 1 aliphatic heterocycles. The summed E-state index contributed by atoms with van der Waals surface area (Å²) in [4.78, 5) is 25.1. The molecular formula is C18H22N2O3. The van der Waals surface area contributed by atoms with E-state index in [-0.39, 0.29) is 11.3 Å². The van der Waals surface area contributed by atoms with Crippen LogP contribution in [0.15, 0.2) is 23.0 Å². The van der Waals surface area contributed by atoms with Crippen molar-refractivity contribution < 1.29 is 9.90 Å².